The molecule has 1 amide bonds. The van der Waals surface area contributed by atoms with Gasteiger partial charge in [0.05, 0.1) is 9.60 Å². The molecule has 0 bridgehead atoms. The predicted molar refractivity (Wildman–Crippen MR) is 137 cm³/mol. The molecule has 3 aromatic rings. The standard InChI is InChI=1S/C22H26FN3O3S3.ClH/c1-25(2)13-14-26(20(27)8-5-15-30-17-11-9-16(23)10-12-17)22-24-21-18(31-22)6-4-7-19(21)32(3,28)29;/h4,6-7,9-12H,5,8,13-15H2,1-3H3;1H. The van der Waals surface area contributed by atoms with Crippen LogP contribution < -0.4 is 4.90 Å². The van der Waals surface area contributed by atoms with Gasteiger partial charge in [0.2, 0.25) is 5.91 Å². The third kappa shape index (κ3) is 7.65. The van der Waals surface area contributed by atoms with Gasteiger partial charge in [0.15, 0.2) is 15.0 Å². The molecule has 0 aliphatic heterocycles. The second-order valence-electron chi connectivity index (χ2n) is 7.63. The van der Waals surface area contributed by atoms with Crippen molar-refractivity contribution in [2.45, 2.75) is 22.6 Å². The monoisotopic (exact) mass is 531 g/mol. The summed E-state index contributed by atoms with van der Waals surface area (Å²) in [4.78, 5) is 22.4. The van der Waals surface area contributed by atoms with Crippen LogP contribution in [0.15, 0.2) is 52.3 Å². The summed E-state index contributed by atoms with van der Waals surface area (Å²) < 4.78 is 38.0. The number of carbonyl (C=O) groups is 1. The Morgan fingerprint density at radius 1 is 1.12 bits per heavy atom. The zero-order chi connectivity index (χ0) is 23.3. The van der Waals surface area contributed by atoms with Crippen LogP contribution in [0.5, 0.6) is 0 Å². The second kappa shape index (κ2) is 12.1. The lowest BCUT2D eigenvalue weighted by Crippen LogP contribution is -2.36. The summed E-state index contributed by atoms with van der Waals surface area (Å²) in [5.41, 5.74) is 0.407. The van der Waals surface area contributed by atoms with Crippen molar-refractivity contribution in [3.05, 3.63) is 48.3 Å². The van der Waals surface area contributed by atoms with Crippen LogP contribution in [0.1, 0.15) is 12.8 Å². The van der Waals surface area contributed by atoms with Gasteiger partial charge >= 0.3 is 0 Å². The first-order valence-corrected chi connectivity index (χ1v) is 13.8. The maximum absolute atomic E-state index is 13.1. The van der Waals surface area contributed by atoms with Crippen LogP contribution in [0.4, 0.5) is 9.52 Å². The molecule has 0 N–H and O–H groups in total. The molecule has 180 valence electrons. The number of hydrogen-bond donors (Lipinski definition) is 0. The van der Waals surface area contributed by atoms with Crippen LogP contribution in [-0.2, 0) is 14.6 Å². The largest absolute Gasteiger partial charge is 0.308 e. The van der Waals surface area contributed by atoms with Crippen molar-refractivity contribution >= 4 is 66.6 Å². The molecule has 3 rings (SSSR count). The molecule has 0 spiro atoms. The van der Waals surface area contributed by atoms with Crippen molar-refractivity contribution in [1.29, 1.82) is 0 Å². The van der Waals surface area contributed by atoms with Gasteiger partial charge in [-0.1, -0.05) is 17.4 Å². The molecule has 33 heavy (non-hydrogen) atoms. The van der Waals surface area contributed by atoms with E-state index >= 15 is 0 Å². The molecule has 0 radical (unpaired) electrons. The summed E-state index contributed by atoms with van der Waals surface area (Å²) >= 11 is 2.90. The van der Waals surface area contributed by atoms with E-state index in [2.05, 4.69) is 4.98 Å². The lowest BCUT2D eigenvalue weighted by atomic mass is 10.3. The number of likely N-dealkylation sites (N-methyl/N-ethyl adjacent to an activating group) is 1. The number of benzene rings is 2. The number of fused-ring (bicyclic) bond motifs is 1. The highest BCUT2D eigenvalue weighted by atomic mass is 35.5. The zero-order valence-electron chi connectivity index (χ0n) is 18.7. The number of anilines is 1. The van der Waals surface area contributed by atoms with Crippen molar-refractivity contribution in [2.24, 2.45) is 0 Å². The van der Waals surface area contributed by atoms with Gasteiger partial charge in [0.1, 0.15) is 11.3 Å². The minimum atomic E-state index is -3.43. The van der Waals surface area contributed by atoms with E-state index < -0.39 is 9.84 Å². The topological polar surface area (TPSA) is 70.6 Å². The maximum atomic E-state index is 13.1. The molecule has 0 saturated carbocycles. The Kier molecular flexibility index (Phi) is 10.1. The highest BCUT2D eigenvalue weighted by molar-refractivity contribution is 7.99. The smallest absolute Gasteiger partial charge is 0.228 e. The van der Waals surface area contributed by atoms with E-state index in [0.717, 1.165) is 21.6 Å². The molecule has 0 aliphatic rings. The maximum Gasteiger partial charge on any atom is 0.228 e. The third-order valence-corrected chi connectivity index (χ3v) is 7.96. The molecular weight excluding hydrogens is 505 g/mol. The molecule has 0 unspecified atom stereocenters. The molecule has 0 saturated heterocycles. The molecule has 6 nitrogen and oxygen atoms in total. The lowest BCUT2D eigenvalue weighted by Gasteiger charge is -2.22. The van der Waals surface area contributed by atoms with E-state index in [1.165, 1.54) is 23.5 Å². The van der Waals surface area contributed by atoms with E-state index in [1.807, 2.05) is 25.1 Å². The van der Waals surface area contributed by atoms with Crippen molar-refractivity contribution in [3.8, 4) is 0 Å². The number of para-hydroxylation sites is 1. The first kappa shape index (κ1) is 27.5. The molecular formula is C22H27ClFN3O3S3. The third-order valence-electron chi connectivity index (χ3n) is 4.69. The fraction of sp³-hybridized carbons (Fsp3) is 0.364. The quantitative estimate of drug-likeness (QED) is 0.278. The second-order valence-corrected chi connectivity index (χ2v) is 11.8. The number of aromatic nitrogens is 1. The van der Waals surface area contributed by atoms with E-state index in [-0.39, 0.29) is 29.0 Å². The Morgan fingerprint density at radius 2 is 1.82 bits per heavy atom. The number of amides is 1. The number of thioether (sulfide) groups is 1. The first-order chi connectivity index (χ1) is 15.1. The Balaban J connectivity index is 0.00000385. The van der Waals surface area contributed by atoms with Gasteiger partial charge < -0.3 is 4.90 Å². The Hall–Kier alpha value is -1.72. The minimum Gasteiger partial charge on any atom is -0.308 e. The number of sulfone groups is 1. The van der Waals surface area contributed by atoms with Gasteiger partial charge in [0.25, 0.3) is 0 Å². The molecule has 0 aliphatic carbocycles. The average molecular weight is 532 g/mol. The van der Waals surface area contributed by atoms with Crippen LogP contribution in [-0.4, -0.2) is 63.4 Å². The predicted octanol–water partition coefficient (Wildman–Crippen LogP) is 4.73. The van der Waals surface area contributed by atoms with E-state index in [1.54, 1.807) is 40.9 Å². The summed E-state index contributed by atoms with van der Waals surface area (Å²) in [6.45, 7) is 1.12. The number of nitrogens with zero attached hydrogens (tertiary/aromatic N) is 3. The van der Waals surface area contributed by atoms with Gasteiger partial charge in [-0.2, -0.15) is 0 Å². The van der Waals surface area contributed by atoms with Crippen molar-refractivity contribution in [1.82, 2.24) is 9.88 Å². The molecule has 2 aromatic carbocycles. The number of hydrogen-bond acceptors (Lipinski definition) is 7. The summed E-state index contributed by atoms with van der Waals surface area (Å²) in [6, 6.07) is 11.4. The van der Waals surface area contributed by atoms with Gasteiger partial charge in [-0.25, -0.2) is 17.8 Å². The van der Waals surface area contributed by atoms with Crippen LogP contribution in [0.25, 0.3) is 10.2 Å². The number of thiazole rings is 1. The number of carbonyl (C=O) groups excluding carboxylic acids is 1. The van der Waals surface area contributed by atoms with Crippen molar-refractivity contribution in [2.75, 3.05) is 44.1 Å². The Bertz CT molecular complexity index is 1180. The Labute approximate surface area is 208 Å². The molecule has 0 atom stereocenters. The van der Waals surface area contributed by atoms with Crippen LogP contribution in [0.2, 0.25) is 0 Å². The first-order valence-electron chi connectivity index (χ1n) is 10.1. The normalized spacial score (nSPS) is 11.5. The van der Waals surface area contributed by atoms with E-state index in [0.29, 0.717) is 36.6 Å². The minimum absolute atomic E-state index is 0. The van der Waals surface area contributed by atoms with Gasteiger partial charge in [-0.05, 0) is 62.7 Å². The van der Waals surface area contributed by atoms with Gasteiger partial charge in [-0.3, -0.25) is 9.69 Å². The lowest BCUT2D eigenvalue weighted by molar-refractivity contribution is -0.118. The zero-order valence-corrected chi connectivity index (χ0v) is 21.9. The van der Waals surface area contributed by atoms with Crippen molar-refractivity contribution in [3.63, 3.8) is 0 Å². The molecule has 0 fully saturated rings. The summed E-state index contributed by atoms with van der Waals surface area (Å²) in [6.07, 6.45) is 2.17. The fourth-order valence-electron chi connectivity index (χ4n) is 3.03. The fourth-order valence-corrected chi connectivity index (χ4v) is 5.82. The molecule has 1 heterocycles. The van der Waals surface area contributed by atoms with E-state index in [4.69, 9.17) is 0 Å². The van der Waals surface area contributed by atoms with E-state index in [9.17, 15) is 17.6 Å². The van der Waals surface area contributed by atoms with Crippen molar-refractivity contribution < 1.29 is 17.6 Å². The number of rotatable bonds is 10. The highest BCUT2D eigenvalue weighted by Crippen LogP contribution is 2.33. The van der Waals surface area contributed by atoms with Gasteiger partial charge in [0, 0.05) is 30.7 Å². The summed E-state index contributed by atoms with van der Waals surface area (Å²) in [7, 11) is 0.437. The number of halogens is 2. The van der Waals surface area contributed by atoms with Crippen LogP contribution in [0, 0.1) is 5.82 Å². The van der Waals surface area contributed by atoms with Gasteiger partial charge in [-0.15, -0.1) is 24.2 Å². The summed E-state index contributed by atoms with van der Waals surface area (Å²) in [5, 5.41) is 0.508. The molecule has 11 heteroatoms. The SMILES string of the molecule is CN(C)CCN(C(=O)CCCSc1ccc(F)cc1)c1nc2c(S(C)(=O)=O)cccc2s1.Cl. The summed E-state index contributed by atoms with van der Waals surface area (Å²) in [5.74, 6) is 0.416. The highest BCUT2D eigenvalue weighted by Gasteiger charge is 2.22. The Morgan fingerprint density at radius 3 is 2.45 bits per heavy atom. The van der Waals surface area contributed by atoms with Crippen LogP contribution >= 0.6 is 35.5 Å². The van der Waals surface area contributed by atoms with Crippen LogP contribution in [0.3, 0.4) is 0 Å². The molecule has 1 aromatic heterocycles. The average Bonchev–Trinajstić information content (AvgIpc) is 3.15.